The molecule has 4 aromatic rings. The van der Waals surface area contributed by atoms with E-state index in [4.69, 9.17) is 28.9 Å². The minimum atomic E-state index is -0.983. The number of hydrogen-bond acceptors (Lipinski definition) is 6. The smallest absolute Gasteiger partial charge is 0.251 e. The molecule has 0 bridgehead atoms. The lowest BCUT2D eigenvalue weighted by atomic mass is 10.1. The van der Waals surface area contributed by atoms with E-state index in [1.54, 1.807) is 42.5 Å². The molecule has 3 aromatic carbocycles. The van der Waals surface area contributed by atoms with E-state index in [0.717, 1.165) is 23.5 Å². The monoisotopic (exact) mass is 532 g/mol. The van der Waals surface area contributed by atoms with Gasteiger partial charge in [-0.15, -0.1) is 0 Å². The van der Waals surface area contributed by atoms with Gasteiger partial charge >= 0.3 is 0 Å². The molecule has 11 heteroatoms. The second-order valence-electron chi connectivity index (χ2n) is 7.26. The molecule has 1 amide bonds. The van der Waals surface area contributed by atoms with Crippen molar-refractivity contribution in [3.05, 3.63) is 104 Å². The highest BCUT2D eigenvalue weighted by atomic mass is 35.5. The number of nitrogens with zero attached hydrogens (tertiary/aromatic N) is 1. The first-order chi connectivity index (χ1) is 16.7. The number of amides is 1. The number of nitrogen functional groups attached to an aromatic ring is 1. The van der Waals surface area contributed by atoms with Crippen LogP contribution < -0.4 is 16.4 Å². The average Bonchev–Trinajstić information content (AvgIpc) is 3.20. The molecule has 0 aliphatic heterocycles. The summed E-state index contributed by atoms with van der Waals surface area (Å²) >= 11 is 13.0. The van der Waals surface area contributed by atoms with E-state index in [-0.39, 0.29) is 28.3 Å². The van der Waals surface area contributed by atoms with Crippen LogP contribution in [0.3, 0.4) is 0 Å². The van der Waals surface area contributed by atoms with E-state index in [1.807, 2.05) is 0 Å². The van der Waals surface area contributed by atoms with E-state index < -0.39 is 23.0 Å². The summed E-state index contributed by atoms with van der Waals surface area (Å²) < 4.78 is 28.0. The van der Waals surface area contributed by atoms with Crippen LogP contribution in [0.5, 0.6) is 0 Å². The van der Waals surface area contributed by atoms with Crippen molar-refractivity contribution in [2.24, 2.45) is 0 Å². The highest BCUT2D eigenvalue weighted by Gasteiger charge is 2.24. The zero-order valence-electron chi connectivity index (χ0n) is 17.7. The lowest BCUT2D eigenvalue weighted by Crippen LogP contribution is -2.22. The standard InChI is InChI=1S/C24H16Cl2F2N4O2S/c25-15-4-1-3-13(19(15)26)11-30-23(34)12-7-9-14(10-8-12)31-24-32-22(29)21(35-24)20(33)18-16(27)5-2-6-17(18)28/h1-10H,11,29H2,(H,30,34)(H,31,32). The molecule has 4 N–H and O–H groups in total. The first-order valence-electron chi connectivity index (χ1n) is 10.1. The number of aromatic nitrogens is 1. The third-order valence-corrected chi connectivity index (χ3v) is 6.76. The third-order valence-electron chi connectivity index (χ3n) is 4.92. The molecule has 35 heavy (non-hydrogen) atoms. The number of carbonyl (C=O) groups is 2. The number of rotatable bonds is 7. The molecule has 0 aliphatic carbocycles. The van der Waals surface area contributed by atoms with E-state index in [9.17, 15) is 18.4 Å². The molecule has 0 aliphatic rings. The topological polar surface area (TPSA) is 97.1 Å². The number of halogens is 4. The van der Waals surface area contributed by atoms with Crippen LogP contribution >= 0.6 is 34.5 Å². The summed E-state index contributed by atoms with van der Waals surface area (Å²) in [5, 5.41) is 6.77. The Bertz CT molecular complexity index is 1410. The summed E-state index contributed by atoms with van der Waals surface area (Å²) in [7, 11) is 0. The van der Waals surface area contributed by atoms with Crippen molar-refractivity contribution in [3.8, 4) is 0 Å². The Balaban J connectivity index is 1.43. The van der Waals surface area contributed by atoms with Crippen LogP contribution in [0.1, 0.15) is 31.2 Å². The Morgan fingerprint density at radius 1 is 0.971 bits per heavy atom. The second-order valence-corrected chi connectivity index (χ2v) is 9.04. The van der Waals surface area contributed by atoms with Crippen molar-refractivity contribution in [2.45, 2.75) is 6.54 Å². The van der Waals surface area contributed by atoms with Crippen LogP contribution in [0.4, 0.5) is 25.4 Å². The minimum Gasteiger partial charge on any atom is -0.382 e. The highest BCUT2D eigenvalue weighted by Crippen LogP contribution is 2.31. The van der Waals surface area contributed by atoms with Gasteiger partial charge in [0.05, 0.1) is 15.6 Å². The lowest BCUT2D eigenvalue weighted by molar-refractivity contribution is 0.0950. The summed E-state index contributed by atoms with van der Waals surface area (Å²) in [6.07, 6.45) is 0. The lowest BCUT2D eigenvalue weighted by Gasteiger charge is -2.09. The van der Waals surface area contributed by atoms with Gasteiger partial charge in [0.1, 0.15) is 22.3 Å². The van der Waals surface area contributed by atoms with Gasteiger partial charge in [0.15, 0.2) is 5.13 Å². The third kappa shape index (κ3) is 5.43. The molecule has 1 aromatic heterocycles. The zero-order valence-corrected chi connectivity index (χ0v) is 20.1. The molecule has 178 valence electrons. The molecular formula is C24H16Cl2F2N4O2S. The molecule has 0 spiro atoms. The highest BCUT2D eigenvalue weighted by molar-refractivity contribution is 7.18. The molecule has 4 rings (SSSR count). The Hall–Kier alpha value is -3.53. The summed E-state index contributed by atoms with van der Waals surface area (Å²) in [4.78, 5) is 29.1. The molecule has 0 radical (unpaired) electrons. The largest absolute Gasteiger partial charge is 0.382 e. The fourth-order valence-electron chi connectivity index (χ4n) is 3.17. The van der Waals surface area contributed by atoms with E-state index in [0.29, 0.717) is 26.9 Å². The van der Waals surface area contributed by atoms with Crippen molar-refractivity contribution < 1.29 is 18.4 Å². The first-order valence-corrected chi connectivity index (χ1v) is 11.6. The predicted molar refractivity (Wildman–Crippen MR) is 134 cm³/mol. The van der Waals surface area contributed by atoms with Gasteiger partial charge in [0.2, 0.25) is 5.78 Å². The minimum absolute atomic E-state index is 0.0906. The van der Waals surface area contributed by atoms with Gasteiger partial charge in [0.25, 0.3) is 5.91 Å². The summed E-state index contributed by atoms with van der Waals surface area (Å²) in [6.45, 7) is 0.204. The number of benzene rings is 3. The maximum absolute atomic E-state index is 14.0. The van der Waals surface area contributed by atoms with Crippen molar-refractivity contribution in [3.63, 3.8) is 0 Å². The summed E-state index contributed by atoms with van der Waals surface area (Å²) in [5.41, 5.74) is 6.78. The van der Waals surface area contributed by atoms with E-state index in [1.165, 1.54) is 6.07 Å². The van der Waals surface area contributed by atoms with Crippen LogP contribution in [0.2, 0.25) is 10.0 Å². The summed E-state index contributed by atoms with van der Waals surface area (Å²) in [6, 6.07) is 14.8. The SMILES string of the molecule is Nc1nc(Nc2ccc(C(=O)NCc3cccc(Cl)c3Cl)cc2)sc1C(=O)c1c(F)cccc1F. The van der Waals surface area contributed by atoms with Crippen LogP contribution in [-0.2, 0) is 6.54 Å². The number of nitrogens with two attached hydrogens (primary N) is 1. The van der Waals surface area contributed by atoms with Crippen LogP contribution in [0.25, 0.3) is 0 Å². The van der Waals surface area contributed by atoms with Crippen LogP contribution in [0, 0.1) is 11.6 Å². The number of ketones is 1. The van der Waals surface area contributed by atoms with Crippen LogP contribution in [-0.4, -0.2) is 16.7 Å². The number of carbonyl (C=O) groups excluding carboxylic acids is 2. The molecule has 6 nitrogen and oxygen atoms in total. The summed E-state index contributed by atoms with van der Waals surface area (Å²) in [5.74, 6) is -3.32. The zero-order chi connectivity index (χ0) is 25.1. The molecule has 0 saturated heterocycles. The quantitative estimate of drug-likeness (QED) is 0.245. The fourth-order valence-corrected chi connectivity index (χ4v) is 4.41. The fraction of sp³-hybridized carbons (Fsp3) is 0.0417. The predicted octanol–water partition coefficient (Wildman–Crippen LogP) is 6.21. The Kier molecular flexibility index (Phi) is 7.30. The van der Waals surface area contributed by atoms with Gasteiger partial charge in [0, 0.05) is 17.8 Å². The maximum atomic E-state index is 14.0. The maximum Gasteiger partial charge on any atom is 0.251 e. The second kappa shape index (κ2) is 10.4. The van der Waals surface area contributed by atoms with Crippen LogP contribution in [0.15, 0.2) is 60.7 Å². The molecule has 0 fully saturated rings. The number of thiazole rings is 1. The van der Waals surface area contributed by atoms with Crippen molar-refractivity contribution in [2.75, 3.05) is 11.1 Å². The molecular weight excluding hydrogens is 517 g/mol. The van der Waals surface area contributed by atoms with E-state index in [2.05, 4.69) is 15.6 Å². The van der Waals surface area contributed by atoms with Gasteiger partial charge in [-0.3, -0.25) is 9.59 Å². The van der Waals surface area contributed by atoms with Gasteiger partial charge in [-0.05, 0) is 48.0 Å². The first kappa shape index (κ1) is 24.6. The van der Waals surface area contributed by atoms with Crippen molar-refractivity contribution in [1.29, 1.82) is 0 Å². The average molecular weight is 533 g/mol. The Morgan fingerprint density at radius 3 is 2.31 bits per heavy atom. The number of hydrogen-bond donors (Lipinski definition) is 3. The Morgan fingerprint density at radius 2 is 1.63 bits per heavy atom. The molecule has 1 heterocycles. The number of anilines is 3. The van der Waals surface area contributed by atoms with Gasteiger partial charge in [-0.2, -0.15) is 0 Å². The molecule has 0 unspecified atom stereocenters. The van der Waals surface area contributed by atoms with Crippen molar-refractivity contribution >= 4 is 62.9 Å². The normalized spacial score (nSPS) is 10.7. The Labute approximate surface area is 212 Å². The molecule has 0 saturated carbocycles. The van der Waals surface area contributed by atoms with Crippen molar-refractivity contribution in [1.82, 2.24) is 10.3 Å². The van der Waals surface area contributed by atoms with Gasteiger partial charge < -0.3 is 16.4 Å². The van der Waals surface area contributed by atoms with Gasteiger partial charge in [-0.25, -0.2) is 13.8 Å². The van der Waals surface area contributed by atoms with Gasteiger partial charge in [-0.1, -0.05) is 52.7 Å². The van der Waals surface area contributed by atoms with E-state index >= 15 is 0 Å². The molecule has 0 atom stereocenters. The number of nitrogens with one attached hydrogen (secondary N) is 2.